The molecule has 0 bridgehead atoms. The standard InChI is InChI=1S/C10H12.Y/c1-2-3-7-10-8-5-4-6-9-10;/h4-6,8H,1-3,7H2;/q-2;. The Morgan fingerprint density at radius 3 is 2.73 bits per heavy atom. The summed E-state index contributed by atoms with van der Waals surface area (Å²) in [5.41, 5.74) is 1.30. The summed E-state index contributed by atoms with van der Waals surface area (Å²) in [6.45, 7) is 3.79. The number of unbranched alkanes of at least 4 members (excludes halogenated alkanes) is 1. The summed E-state index contributed by atoms with van der Waals surface area (Å²) in [6, 6.07) is 11.3. The average molecular weight is 221 g/mol. The van der Waals surface area contributed by atoms with Gasteiger partial charge in [-0.25, -0.2) is 0 Å². The summed E-state index contributed by atoms with van der Waals surface area (Å²) in [5, 5.41) is 0. The predicted octanol–water partition coefficient (Wildman–Crippen LogP) is 2.64. The molecule has 0 spiro atoms. The summed E-state index contributed by atoms with van der Waals surface area (Å²) in [4.78, 5) is 0. The molecule has 1 heteroatoms. The van der Waals surface area contributed by atoms with Crippen LogP contribution in [0, 0.1) is 13.0 Å². The smallest absolute Gasteiger partial charge is 0 e. The van der Waals surface area contributed by atoms with Crippen molar-refractivity contribution in [1.29, 1.82) is 0 Å². The van der Waals surface area contributed by atoms with E-state index in [0.29, 0.717) is 0 Å². The van der Waals surface area contributed by atoms with E-state index in [1.165, 1.54) is 12.0 Å². The molecule has 0 amide bonds. The number of aryl methyl sites for hydroxylation is 1. The van der Waals surface area contributed by atoms with Crippen LogP contribution in [0.3, 0.4) is 0 Å². The van der Waals surface area contributed by atoms with Gasteiger partial charge in [0.1, 0.15) is 0 Å². The maximum atomic E-state index is 3.79. The number of hydrogen-bond donors (Lipinski definition) is 0. The van der Waals surface area contributed by atoms with Crippen LogP contribution in [-0.4, -0.2) is 0 Å². The van der Waals surface area contributed by atoms with Gasteiger partial charge in [0.25, 0.3) is 0 Å². The molecule has 0 saturated carbocycles. The van der Waals surface area contributed by atoms with E-state index in [-0.39, 0.29) is 32.7 Å². The van der Waals surface area contributed by atoms with Crippen LogP contribution >= 0.6 is 0 Å². The van der Waals surface area contributed by atoms with Crippen molar-refractivity contribution < 1.29 is 32.7 Å². The summed E-state index contributed by atoms with van der Waals surface area (Å²) >= 11 is 0. The fourth-order valence-electron chi connectivity index (χ4n) is 0.901. The molecule has 1 aromatic rings. The SMILES string of the molecule is [CH2-]CCCc1[c-]cccc1.[Y]. The van der Waals surface area contributed by atoms with Gasteiger partial charge < -0.3 is 6.92 Å². The first-order chi connectivity index (χ1) is 4.93. The molecule has 0 fully saturated rings. The minimum absolute atomic E-state index is 0. The Bertz CT molecular complexity index is 169. The van der Waals surface area contributed by atoms with E-state index in [1.54, 1.807) is 0 Å². The number of benzene rings is 1. The molecule has 0 unspecified atom stereocenters. The fourth-order valence-corrected chi connectivity index (χ4v) is 0.901. The van der Waals surface area contributed by atoms with Crippen LogP contribution in [0.25, 0.3) is 0 Å². The zero-order chi connectivity index (χ0) is 7.23. The first kappa shape index (κ1) is 11.3. The summed E-state index contributed by atoms with van der Waals surface area (Å²) in [5.74, 6) is 0. The van der Waals surface area contributed by atoms with Gasteiger partial charge in [0, 0.05) is 32.7 Å². The van der Waals surface area contributed by atoms with Crippen molar-refractivity contribution in [3.05, 3.63) is 42.8 Å². The van der Waals surface area contributed by atoms with Crippen molar-refractivity contribution in [2.75, 3.05) is 0 Å². The van der Waals surface area contributed by atoms with Gasteiger partial charge in [-0.2, -0.15) is 42.3 Å². The van der Waals surface area contributed by atoms with Crippen molar-refractivity contribution in [3.8, 4) is 0 Å². The molecule has 0 aliphatic rings. The molecule has 0 N–H and O–H groups in total. The quantitative estimate of drug-likeness (QED) is 0.688. The second kappa shape index (κ2) is 7.00. The van der Waals surface area contributed by atoms with E-state index < -0.39 is 0 Å². The van der Waals surface area contributed by atoms with E-state index in [1.807, 2.05) is 12.1 Å². The summed E-state index contributed by atoms with van der Waals surface area (Å²) in [6.07, 6.45) is 3.30. The first-order valence-electron chi connectivity index (χ1n) is 3.68. The van der Waals surface area contributed by atoms with Crippen molar-refractivity contribution in [3.63, 3.8) is 0 Å². The molecular formula is C10H12Y-2. The molecule has 1 aromatic carbocycles. The van der Waals surface area contributed by atoms with Crippen molar-refractivity contribution in [2.24, 2.45) is 0 Å². The molecule has 1 radical (unpaired) electrons. The summed E-state index contributed by atoms with van der Waals surface area (Å²) < 4.78 is 0. The topological polar surface area (TPSA) is 0 Å². The predicted molar refractivity (Wildman–Crippen MR) is 43.6 cm³/mol. The largest absolute Gasteiger partial charge is 0.343 e. The first-order valence-corrected chi connectivity index (χ1v) is 3.68. The van der Waals surface area contributed by atoms with Gasteiger partial charge in [-0.15, -0.1) is 0 Å². The maximum Gasteiger partial charge on any atom is 0 e. The molecule has 57 valence electrons. The van der Waals surface area contributed by atoms with Crippen molar-refractivity contribution in [2.45, 2.75) is 19.3 Å². The molecule has 1 rings (SSSR count). The van der Waals surface area contributed by atoms with E-state index in [0.717, 1.165) is 12.8 Å². The third-order valence-corrected chi connectivity index (χ3v) is 1.47. The second-order valence-corrected chi connectivity index (χ2v) is 2.34. The van der Waals surface area contributed by atoms with Crippen LogP contribution < -0.4 is 0 Å². The molecule has 0 heterocycles. The number of rotatable bonds is 3. The van der Waals surface area contributed by atoms with Gasteiger partial charge in [-0.1, -0.05) is 12.8 Å². The fraction of sp³-hybridized carbons (Fsp3) is 0.300. The molecule has 0 aliphatic heterocycles. The molecule has 11 heavy (non-hydrogen) atoms. The van der Waals surface area contributed by atoms with Gasteiger partial charge >= 0.3 is 0 Å². The van der Waals surface area contributed by atoms with Crippen LogP contribution in [0.15, 0.2) is 24.3 Å². The van der Waals surface area contributed by atoms with E-state index in [2.05, 4.69) is 25.1 Å². The van der Waals surface area contributed by atoms with Gasteiger partial charge in [-0.3, -0.25) is 0 Å². The van der Waals surface area contributed by atoms with Crippen molar-refractivity contribution >= 4 is 0 Å². The molecule has 0 atom stereocenters. The minimum Gasteiger partial charge on any atom is -0.343 e. The van der Waals surface area contributed by atoms with Crippen LogP contribution in [-0.2, 0) is 39.1 Å². The van der Waals surface area contributed by atoms with E-state index in [4.69, 9.17) is 0 Å². The minimum atomic E-state index is 0. The van der Waals surface area contributed by atoms with Crippen LogP contribution in [0.4, 0.5) is 0 Å². The Morgan fingerprint density at radius 1 is 1.36 bits per heavy atom. The Hall–Kier alpha value is 0.324. The normalized spacial score (nSPS) is 8.82. The van der Waals surface area contributed by atoms with Crippen LogP contribution in [0.5, 0.6) is 0 Å². The van der Waals surface area contributed by atoms with Gasteiger partial charge in [0.2, 0.25) is 0 Å². The van der Waals surface area contributed by atoms with Gasteiger partial charge in [0.15, 0.2) is 0 Å². The number of hydrogen-bond acceptors (Lipinski definition) is 0. The zero-order valence-electron chi connectivity index (χ0n) is 6.72. The van der Waals surface area contributed by atoms with Gasteiger partial charge in [0.05, 0.1) is 0 Å². The second-order valence-electron chi connectivity index (χ2n) is 2.34. The third kappa shape index (κ3) is 4.71. The average Bonchev–Trinajstić information content (AvgIpc) is 2.03. The maximum absolute atomic E-state index is 3.79. The van der Waals surface area contributed by atoms with Crippen LogP contribution in [0.1, 0.15) is 18.4 Å². The van der Waals surface area contributed by atoms with Crippen molar-refractivity contribution in [1.82, 2.24) is 0 Å². The zero-order valence-corrected chi connectivity index (χ0v) is 9.55. The molecule has 0 saturated heterocycles. The summed E-state index contributed by atoms with van der Waals surface area (Å²) in [7, 11) is 0. The Morgan fingerprint density at radius 2 is 2.18 bits per heavy atom. The molecular weight excluding hydrogens is 209 g/mol. The Balaban J connectivity index is 0.000001000. The van der Waals surface area contributed by atoms with Crippen LogP contribution in [0.2, 0.25) is 0 Å². The Kier molecular flexibility index (Phi) is 7.21. The molecule has 0 aromatic heterocycles. The molecule has 0 nitrogen and oxygen atoms in total. The van der Waals surface area contributed by atoms with E-state index >= 15 is 0 Å². The monoisotopic (exact) mass is 221 g/mol. The van der Waals surface area contributed by atoms with Gasteiger partial charge in [-0.05, 0) is 0 Å². The third-order valence-electron chi connectivity index (χ3n) is 1.47. The van der Waals surface area contributed by atoms with E-state index in [9.17, 15) is 0 Å². The Labute approximate surface area is 94.3 Å². The molecule has 0 aliphatic carbocycles.